The SMILES string of the molecule is COC(=O)c1cccc(C#CI)c1. The molecule has 2 nitrogen and oxygen atoms in total. The van der Waals surface area contributed by atoms with E-state index in [1.165, 1.54) is 7.11 Å². The van der Waals surface area contributed by atoms with E-state index in [-0.39, 0.29) is 5.97 Å². The molecular weight excluding hydrogens is 279 g/mol. The normalized spacial score (nSPS) is 8.46. The molecular formula is C10H7IO2. The summed E-state index contributed by atoms with van der Waals surface area (Å²) < 4.78 is 7.32. The topological polar surface area (TPSA) is 26.3 Å². The van der Waals surface area contributed by atoms with E-state index in [9.17, 15) is 4.79 Å². The van der Waals surface area contributed by atoms with Gasteiger partial charge in [-0.2, -0.15) is 0 Å². The predicted molar refractivity (Wildman–Crippen MR) is 58.7 cm³/mol. The van der Waals surface area contributed by atoms with Crippen LogP contribution in [0.3, 0.4) is 0 Å². The Balaban J connectivity index is 3.02. The summed E-state index contributed by atoms with van der Waals surface area (Å²) in [7, 11) is 1.36. The lowest BCUT2D eigenvalue weighted by atomic mass is 10.1. The smallest absolute Gasteiger partial charge is 0.337 e. The van der Waals surface area contributed by atoms with Gasteiger partial charge in [0.25, 0.3) is 0 Å². The molecule has 0 heterocycles. The lowest BCUT2D eigenvalue weighted by Gasteiger charge is -1.98. The van der Waals surface area contributed by atoms with Crippen LogP contribution in [0, 0.1) is 9.85 Å². The molecule has 0 saturated carbocycles. The van der Waals surface area contributed by atoms with Gasteiger partial charge in [-0.3, -0.25) is 0 Å². The van der Waals surface area contributed by atoms with Gasteiger partial charge >= 0.3 is 5.97 Å². The number of hydrogen-bond acceptors (Lipinski definition) is 2. The van der Waals surface area contributed by atoms with Crippen molar-refractivity contribution in [1.29, 1.82) is 0 Å². The van der Waals surface area contributed by atoms with Crippen molar-refractivity contribution in [2.24, 2.45) is 0 Å². The average molecular weight is 286 g/mol. The number of methoxy groups -OCH3 is 1. The zero-order valence-corrected chi connectivity index (χ0v) is 9.16. The zero-order valence-electron chi connectivity index (χ0n) is 7.00. The molecule has 0 spiro atoms. The Morgan fingerprint density at radius 1 is 1.54 bits per heavy atom. The van der Waals surface area contributed by atoms with Crippen LogP contribution >= 0.6 is 22.6 Å². The fourth-order valence-electron chi connectivity index (χ4n) is 0.896. The number of ether oxygens (including phenoxy) is 1. The molecule has 1 aromatic rings. The van der Waals surface area contributed by atoms with Crippen LogP contribution in [0.4, 0.5) is 0 Å². The number of carbonyl (C=O) groups excluding carboxylic acids is 1. The maximum atomic E-state index is 11.1. The van der Waals surface area contributed by atoms with Crippen LogP contribution in [0.15, 0.2) is 24.3 Å². The molecule has 0 aliphatic heterocycles. The molecule has 0 fully saturated rings. The number of hydrogen-bond donors (Lipinski definition) is 0. The van der Waals surface area contributed by atoms with Crippen molar-refractivity contribution in [2.45, 2.75) is 0 Å². The lowest BCUT2D eigenvalue weighted by Crippen LogP contribution is -2.00. The first kappa shape index (κ1) is 10.1. The molecule has 0 aliphatic carbocycles. The summed E-state index contributed by atoms with van der Waals surface area (Å²) in [4.78, 5) is 11.1. The molecule has 0 atom stereocenters. The summed E-state index contributed by atoms with van der Waals surface area (Å²) in [5.74, 6) is 2.52. The Kier molecular flexibility index (Phi) is 3.77. The minimum absolute atomic E-state index is 0.336. The second kappa shape index (κ2) is 4.87. The van der Waals surface area contributed by atoms with Crippen molar-refractivity contribution in [3.05, 3.63) is 35.4 Å². The maximum absolute atomic E-state index is 11.1. The first-order valence-corrected chi connectivity index (χ1v) is 4.66. The van der Waals surface area contributed by atoms with Gasteiger partial charge in [0.15, 0.2) is 0 Å². The van der Waals surface area contributed by atoms with Gasteiger partial charge in [0, 0.05) is 28.2 Å². The van der Waals surface area contributed by atoms with Crippen LogP contribution in [0.2, 0.25) is 0 Å². The third-order valence-electron chi connectivity index (χ3n) is 1.48. The van der Waals surface area contributed by atoms with E-state index in [2.05, 4.69) is 14.6 Å². The first-order valence-electron chi connectivity index (χ1n) is 3.58. The molecule has 0 aromatic heterocycles. The van der Waals surface area contributed by atoms with Crippen molar-refractivity contribution in [2.75, 3.05) is 7.11 Å². The second-order valence-corrected chi connectivity index (χ2v) is 2.83. The molecule has 0 aliphatic rings. The van der Waals surface area contributed by atoms with Crippen molar-refractivity contribution < 1.29 is 9.53 Å². The van der Waals surface area contributed by atoms with E-state index in [1.54, 1.807) is 18.2 Å². The summed E-state index contributed by atoms with van der Waals surface area (Å²) in [6.45, 7) is 0. The Bertz CT molecular complexity index is 374. The number of rotatable bonds is 1. The van der Waals surface area contributed by atoms with Crippen LogP contribution in [-0.2, 0) is 4.74 Å². The number of esters is 1. The van der Waals surface area contributed by atoms with E-state index in [0.717, 1.165) is 5.56 Å². The molecule has 0 saturated heterocycles. The molecule has 0 bridgehead atoms. The lowest BCUT2D eigenvalue weighted by molar-refractivity contribution is 0.0600. The Hall–Kier alpha value is -1.02. The zero-order chi connectivity index (χ0) is 9.68. The highest BCUT2D eigenvalue weighted by Crippen LogP contribution is 2.05. The van der Waals surface area contributed by atoms with Crippen molar-refractivity contribution in [1.82, 2.24) is 0 Å². The van der Waals surface area contributed by atoms with Gasteiger partial charge < -0.3 is 4.74 Å². The van der Waals surface area contributed by atoms with Gasteiger partial charge in [-0.1, -0.05) is 12.0 Å². The largest absolute Gasteiger partial charge is 0.465 e. The van der Waals surface area contributed by atoms with Crippen molar-refractivity contribution in [3.8, 4) is 9.85 Å². The highest BCUT2D eigenvalue weighted by Gasteiger charge is 2.03. The standard InChI is InChI=1S/C10H7IO2/c1-13-10(12)9-4-2-3-8(7-9)5-6-11/h2-4,7H,1H3. The van der Waals surface area contributed by atoms with Gasteiger partial charge in [0.05, 0.1) is 12.7 Å². The minimum atomic E-state index is -0.336. The molecule has 0 amide bonds. The predicted octanol–water partition coefficient (Wildman–Crippen LogP) is 2.22. The van der Waals surface area contributed by atoms with Crippen LogP contribution in [0.5, 0.6) is 0 Å². The summed E-state index contributed by atoms with van der Waals surface area (Å²) >= 11 is 1.95. The first-order chi connectivity index (χ1) is 6.27. The number of halogens is 1. The monoisotopic (exact) mass is 286 g/mol. The average Bonchev–Trinajstić information content (AvgIpc) is 2.18. The fourth-order valence-corrected chi connectivity index (χ4v) is 1.21. The molecule has 1 aromatic carbocycles. The van der Waals surface area contributed by atoms with Gasteiger partial charge in [-0.15, -0.1) is 0 Å². The maximum Gasteiger partial charge on any atom is 0.337 e. The highest BCUT2D eigenvalue weighted by atomic mass is 127. The second-order valence-electron chi connectivity index (χ2n) is 2.29. The molecule has 0 N–H and O–H groups in total. The molecule has 66 valence electrons. The van der Waals surface area contributed by atoms with E-state index in [4.69, 9.17) is 0 Å². The van der Waals surface area contributed by atoms with E-state index < -0.39 is 0 Å². The molecule has 13 heavy (non-hydrogen) atoms. The van der Waals surface area contributed by atoms with Crippen LogP contribution < -0.4 is 0 Å². The molecule has 3 heteroatoms. The third-order valence-corrected chi connectivity index (χ3v) is 1.74. The van der Waals surface area contributed by atoms with Crippen LogP contribution in [-0.4, -0.2) is 13.1 Å². The van der Waals surface area contributed by atoms with E-state index in [1.807, 2.05) is 28.7 Å². The Labute approximate surface area is 90.4 Å². The summed E-state index contributed by atoms with van der Waals surface area (Å²) in [6, 6.07) is 7.03. The van der Waals surface area contributed by atoms with E-state index >= 15 is 0 Å². The Morgan fingerprint density at radius 3 is 2.92 bits per heavy atom. The fraction of sp³-hybridized carbons (Fsp3) is 0.100. The van der Waals surface area contributed by atoms with Gasteiger partial charge in [0.1, 0.15) is 0 Å². The number of benzene rings is 1. The Morgan fingerprint density at radius 2 is 2.31 bits per heavy atom. The van der Waals surface area contributed by atoms with Crippen molar-refractivity contribution in [3.63, 3.8) is 0 Å². The summed E-state index contributed by atoms with van der Waals surface area (Å²) in [6.07, 6.45) is 0. The van der Waals surface area contributed by atoms with Crippen LogP contribution in [0.25, 0.3) is 0 Å². The summed E-state index contributed by atoms with van der Waals surface area (Å²) in [5, 5.41) is 0. The van der Waals surface area contributed by atoms with Crippen LogP contribution in [0.1, 0.15) is 15.9 Å². The third kappa shape index (κ3) is 2.74. The minimum Gasteiger partial charge on any atom is -0.465 e. The van der Waals surface area contributed by atoms with Gasteiger partial charge in [-0.25, -0.2) is 4.79 Å². The molecule has 0 unspecified atom stereocenters. The van der Waals surface area contributed by atoms with E-state index in [0.29, 0.717) is 5.56 Å². The molecule has 0 radical (unpaired) electrons. The summed E-state index contributed by atoms with van der Waals surface area (Å²) in [5.41, 5.74) is 1.34. The number of carbonyl (C=O) groups is 1. The highest BCUT2D eigenvalue weighted by molar-refractivity contribution is 14.1. The molecule has 1 rings (SSSR count). The van der Waals surface area contributed by atoms with Crippen molar-refractivity contribution >= 4 is 28.6 Å². The quantitative estimate of drug-likeness (QED) is 0.449. The van der Waals surface area contributed by atoms with Gasteiger partial charge in [0.2, 0.25) is 0 Å². The van der Waals surface area contributed by atoms with Gasteiger partial charge in [-0.05, 0) is 22.1 Å².